The lowest BCUT2D eigenvalue weighted by Gasteiger charge is -2.37. The van der Waals surface area contributed by atoms with E-state index < -0.39 is 0 Å². The van der Waals surface area contributed by atoms with Crippen LogP contribution in [0.4, 0.5) is 10.2 Å². The molecule has 1 saturated heterocycles. The van der Waals surface area contributed by atoms with Gasteiger partial charge in [0.1, 0.15) is 18.0 Å². The number of aromatic nitrogens is 2. The van der Waals surface area contributed by atoms with E-state index in [9.17, 15) is 4.39 Å². The molecule has 7 heteroatoms. The fourth-order valence-corrected chi connectivity index (χ4v) is 3.16. The highest BCUT2D eigenvalue weighted by molar-refractivity contribution is 9.10. The van der Waals surface area contributed by atoms with Crippen LogP contribution in [-0.2, 0) is 0 Å². The molecule has 1 aromatic carbocycles. The first-order chi connectivity index (χ1) is 10.1. The molecule has 0 spiro atoms. The Morgan fingerprint density at radius 2 is 2.19 bits per heavy atom. The summed E-state index contributed by atoms with van der Waals surface area (Å²) in [6.45, 7) is 3.99. The van der Waals surface area contributed by atoms with Crippen LogP contribution in [0.15, 0.2) is 22.9 Å². The quantitative estimate of drug-likeness (QED) is 0.740. The lowest BCUT2D eigenvalue weighted by Crippen LogP contribution is -2.50. The van der Waals surface area contributed by atoms with Crippen molar-refractivity contribution in [1.29, 1.82) is 5.26 Å². The number of hydrogen-bond acceptors (Lipinski definition) is 5. The van der Waals surface area contributed by atoms with Crippen molar-refractivity contribution in [1.82, 2.24) is 14.9 Å². The van der Waals surface area contributed by atoms with Crippen molar-refractivity contribution in [2.75, 3.05) is 24.5 Å². The number of nitriles is 1. The predicted molar refractivity (Wildman–Crippen MR) is 81.2 cm³/mol. The highest BCUT2D eigenvalue weighted by Gasteiger charge is 2.25. The lowest BCUT2D eigenvalue weighted by molar-refractivity contribution is 0.277. The summed E-state index contributed by atoms with van der Waals surface area (Å²) < 4.78 is 14.3. The molecule has 1 atom stereocenters. The van der Waals surface area contributed by atoms with Gasteiger partial charge in [0, 0.05) is 29.5 Å². The zero-order valence-electron chi connectivity index (χ0n) is 11.4. The fourth-order valence-electron chi connectivity index (χ4n) is 2.63. The van der Waals surface area contributed by atoms with Crippen molar-refractivity contribution >= 4 is 32.7 Å². The van der Waals surface area contributed by atoms with Crippen LogP contribution < -0.4 is 4.90 Å². The summed E-state index contributed by atoms with van der Waals surface area (Å²) in [6.07, 6.45) is 3.68. The molecule has 21 heavy (non-hydrogen) atoms. The second kappa shape index (κ2) is 5.45. The average molecular weight is 350 g/mol. The van der Waals surface area contributed by atoms with Gasteiger partial charge in [0.25, 0.3) is 0 Å². The fraction of sp³-hybridized carbons (Fsp3) is 0.357. The third-order valence-electron chi connectivity index (χ3n) is 3.69. The molecule has 2 aromatic rings. The van der Waals surface area contributed by atoms with Crippen molar-refractivity contribution in [2.24, 2.45) is 0 Å². The monoisotopic (exact) mass is 349 g/mol. The Labute approximate surface area is 130 Å². The normalized spacial score (nSPS) is 18.9. The molecule has 5 nitrogen and oxygen atoms in total. The topological polar surface area (TPSA) is 56.1 Å². The summed E-state index contributed by atoms with van der Waals surface area (Å²) in [4.78, 5) is 12.4. The SMILES string of the molecule is C[C@H]1CN(c2ncnc3c(Br)cc(F)cc23)CCN1C#N. The van der Waals surface area contributed by atoms with Crippen molar-refractivity contribution in [2.45, 2.75) is 13.0 Å². The van der Waals surface area contributed by atoms with Gasteiger partial charge in [-0.3, -0.25) is 0 Å². The Morgan fingerprint density at radius 1 is 1.38 bits per heavy atom. The van der Waals surface area contributed by atoms with Crippen molar-refractivity contribution in [3.05, 3.63) is 28.7 Å². The number of hydrogen-bond donors (Lipinski definition) is 0. The first kappa shape index (κ1) is 14.0. The number of fused-ring (bicyclic) bond motifs is 1. The molecule has 1 aliphatic rings. The van der Waals surface area contributed by atoms with Crippen LogP contribution in [0.5, 0.6) is 0 Å². The summed E-state index contributed by atoms with van der Waals surface area (Å²) in [5.74, 6) is 0.388. The molecule has 0 radical (unpaired) electrons. The molecule has 0 saturated carbocycles. The van der Waals surface area contributed by atoms with Gasteiger partial charge in [-0.1, -0.05) is 0 Å². The molecular weight excluding hydrogens is 337 g/mol. The minimum Gasteiger partial charge on any atom is -0.352 e. The molecule has 1 aromatic heterocycles. The number of benzene rings is 1. The second-order valence-corrected chi connectivity index (χ2v) is 5.92. The van der Waals surface area contributed by atoms with Gasteiger partial charge in [-0.05, 0) is 35.0 Å². The van der Waals surface area contributed by atoms with Crippen LogP contribution in [0.25, 0.3) is 10.9 Å². The molecule has 0 bridgehead atoms. The number of nitrogens with zero attached hydrogens (tertiary/aromatic N) is 5. The highest BCUT2D eigenvalue weighted by Crippen LogP contribution is 2.30. The Balaban J connectivity index is 2.04. The van der Waals surface area contributed by atoms with Crippen molar-refractivity contribution in [3.8, 4) is 6.19 Å². The van der Waals surface area contributed by atoms with Crippen LogP contribution in [0.2, 0.25) is 0 Å². The van der Waals surface area contributed by atoms with Gasteiger partial charge in [-0.25, -0.2) is 14.4 Å². The van der Waals surface area contributed by atoms with E-state index in [2.05, 4.69) is 37.0 Å². The third-order valence-corrected chi connectivity index (χ3v) is 4.30. The molecule has 0 aliphatic carbocycles. The van der Waals surface area contributed by atoms with Crippen LogP contribution in [0, 0.1) is 17.3 Å². The molecule has 0 amide bonds. The first-order valence-corrected chi connectivity index (χ1v) is 7.40. The molecule has 1 fully saturated rings. The summed E-state index contributed by atoms with van der Waals surface area (Å²) in [5.41, 5.74) is 0.691. The summed E-state index contributed by atoms with van der Waals surface area (Å²) in [7, 11) is 0. The van der Waals surface area contributed by atoms with Gasteiger partial charge in [-0.2, -0.15) is 5.26 Å². The molecular formula is C14H13BrFN5. The van der Waals surface area contributed by atoms with Crippen LogP contribution in [0.1, 0.15) is 6.92 Å². The van der Waals surface area contributed by atoms with E-state index in [1.54, 1.807) is 4.90 Å². The number of piperazine rings is 1. The smallest absolute Gasteiger partial charge is 0.179 e. The second-order valence-electron chi connectivity index (χ2n) is 5.07. The van der Waals surface area contributed by atoms with Crippen molar-refractivity contribution in [3.63, 3.8) is 0 Å². The maximum absolute atomic E-state index is 13.7. The maximum Gasteiger partial charge on any atom is 0.179 e. The number of rotatable bonds is 1. The molecule has 0 N–H and O–H groups in total. The van der Waals surface area contributed by atoms with Crippen molar-refractivity contribution < 1.29 is 4.39 Å². The molecule has 108 valence electrons. The van der Waals surface area contributed by atoms with E-state index in [4.69, 9.17) is 5.26 Å². The van der Waals surface area contributed by atoms with E-state index in [0.29, 0.717) is 40.8 Å². The van der Waals surface area contributed by atoms with Gasteiger partial charge >= 0.3 is 0 Å². The Morgan fingerprint density at radius 3 is 2.90 bits per heavy atom. The van der Waals surface area contributed by atoms with Gasteiger partial charge in [0.15, 0.2) is 6.19 Å². The van der Waals surface area contributed by atoms with Crippen LogP contribution in [-0.4, -0.2) is 40.5 Å². The van der Waals surface area contributed by atoms with Crippen LogP contribution in [0.3, 0.4) is 0 Å². The largest absolute Gasteiger partial charge is 0.352 e. The predicted octanol–water partition coefficient (Wildman–Crippen LogP) is 2.52. The van der Waals surface area contributed by atoms with E-state index in [1.165, 1.54) is 18.5 Å². The summed E-state index contributed by atoms with van der Waals surface area (Å²) >= 11 is 3.34. The third kappa shape index (κ3) is 2.51. The van der Waals surface area contributed by atoms with E-state index in [1.807, 2.05) is 6.92 Å². The maximum atomic E-state index is 13.7. The van der Waals surface area contributed by atoms with Gasteiger partial charge < -0.3 is 9.80 Å². The summed E-state index contributed by atoms with van der Waals surface area (Å²) in [6, 6.07) is 2.96. The zero-order chi connectivity index (χ0) is 15.0. The van der Waals surface area contributed by atoms with Gasteiger partial charge in [-0.15, -0.1) is 0 Å². The van der Waals surface area contributed by atoms with E-state index in [0.717, 1.165) is 0 Å². The summed E-state index contributed by atoms with van der Waals surface area (Å²) in [5, 5.41) is 9.72. The highest BCUT2D eigenvalue weighted by atomic mass is 79.9. The molecule has 3 rings (SSSR count). The minimum atomic E-state index is -0.325. The minimum absolute atomic E-state index is 0.103. The van der Waals surface area contributed by atoms with Gasteiger partial charge in [0.05, 0.1) is 11.6 Å². The van der Waals surface area contributed by atoms with E-state index in [-0.39, 0.29) is 11.9 Å². The molecule has 2 heterocycles. The number of halogens is 2. The average Bonchev–Trinajstić information content (AvgIpc) is 2.46. The Bertz CT molecular complexity index is 729. The Hall–Kier alpha value is -1.94. The van der Waals surface area contributed by atoms with Gasteiger partial charge in [0.2, 0.25) is 0 Å². The lowest BCUT2D eigenvalue weighted by atomic mass is 10.1. The zero-order valence-corrected chi connectivity index (χ0v) is 13.0. The van der Waals surface area contributed by atoms with Crippen LogP contribution >= 0.6 is 15.9 Å². The Kier molecular flexibility index (Phi) is 3.64. The standard InChI is InChI=1S/C14H13BrFN5/c1-9-6-20(2-3-21(9)7-17)14-11-4-10(16)5-12(15)13(11)18-8-19-14/h4-5,8-9H,2-3,6H2,1H3/t9-/m0/s1. The number of anilines is 1. The molecule has 1 aliphatic heterocycles. The van der Waals surface area contributed by atoms with E-state index >= 15 is 0 Å². The molecule has 0 unspecified atom stereocenters. The first-order valence-electron chi connectivity index (χ1n) is 6.61.